The molecule has 0 fully saturated rings. The number of anilines is 2. The maximum atomic E-state index is 9.81. The van der Waals surface area contributed by atoms with Crippen LogP contribution in [0.15, 0.2) is 36.4 Å². The van der Waals surface area contributed by atoms with Crippen LogP contribution in [0.2, 0.25) is 5.02 Å². The Morgan fingerprint density at radius 1 is 1.15 bits per heavy atom. The smallest absolute Gasteiger partial charge is 0.120 e. The van der Waals surface area contributed by atoms with Crippen LogP contribution in [0, 0.1) is 6.92 Å². The lowest BCUT2D eigenvalue weighted by Gasteiger charge is -2.16. The predicted octanol–water partition coefficient (Wildman–Crippen LogP) is 4.03. The Morgan fingerprint density at radius 2 is 1.90 bits per heavy atom. The van der Waals surface area contributed by atoms with Crippen molar-refractivity contribution in [3.8, 4) is 5.75 Å². The molecule has 0 saturated heterocycles. The molecule has 0 heterocycles. The van der Waals surface area contributed by atoms with Crippen LogP contribution in [0.4, 0.5) is 11.4 Å². The van der Waals surface area contributed by atoms with Crippen molar-refractivity contribution in [2.75, 3.05) is 24.3 Å². The molecule has 20 heavy (non-hydrogen) atoms. The molecule has 0 aliphatic heterocycles. The fourth-order valence-electron chi connectivity index (χ4n) is 2.03. The molecule has 0 aromatic heterocycles. The molecule has 0 aliphatic rings. The first kappa shape index (κ1) is 14.5. The van der Waals surface area contributed by atoms with E-state index in [0.717, 1.165) is 22.5 Å². The lowest BCUT2D eigenvalue weighted by Crippen LogP contribution is -2.09. The van der Waals surface area contributed by atoms with Gasteiger partial charge < -0.3 is 15.3 Å². The van der Waals surface area contributed by atoms with Gasteiger partial charge in [0.15, 0.2) is 0 Å². The van der Waals surface area contributed by atoms with E-state index in [1.165, 1.54) is 0 Å². The molecule has 0 amide bonds. The minimum atomic E-state index is 0.305. The summed E-state index contributed by atoms with van der Waals surface area (Å²) in [5.74, 6) is 0.305. The van der Waals surface area contributed by atoms with Gasteiger partial charge in [-0.05, 0) is 31.2 Å². The van der Waals surface area contributed by atoms with Gasteiger partial charge >= 0.3 is 0 Å². The minimum absolute atomic E-state index is 0.305. The summed E-state index contributed by atoms with van der Waals surface area (Å²) in [5.41, 5.74) is 3.91. The second kappa shape index (κ2) is 6.06. The van der Waals surface area contributed by atoms with Crippen LogP contribution in [0.3, 0.4) is 0 Å². The predicted molar refractivity (Wildman–Crippen MR) is 85.9 cm³/mol. The third-order valence-electron chi connectivity index (χ3n) is 3.15. The second-order valence-corrected chi connectivity index (χ2v) is 5.45. The maximum Gasteiger partial charge on any atom is 0.120 e. The molecule has 2 aromatic rings. The van der Waals surface area contributed by atoms with Gasteiger partial charge in [-0.3, -0.25) is 0 Å². The molecular formula is C16H19ClN2O. The molecule has 0 atom stereocenters. The number of hydrogen-bond donors (Lipinski definition) is 2. The van der Waals surface area contributed by atoms with E-state index in [1.54, 1.807) is 6.07 Å². The standard InChI is InChI=1S/C16H19ClN2O/c1-11-4-7-16(20)12(8-11)10-18-13-5-6-15(19(2)3)14(17)9-13/h4-9,18,20H,10H2,1-3H3. The largest absolute Gasteiger partial charge is 0.508 e. The van der Waals surface area contributed by atoms with Crippen LogP contribution >= 0.6 is 11.6 Å². The third kappa shape index (κ3) is 3.36. The number of phenols is 1. The molecule has 0 radical (unpaired) electrons. The molecule has 2 rings (SSSR count). The van der Waals surface area contributed by atoms with Gasteiger partial charge in [-0.15, -0.1) is 0 Å². The topological polar surface area (TPSA) is 35.5 Å². The number of hydrogen-bond acceptors (Lipinski definition) is 3. The molecule has 4 heteroatoms. The molecule has 0 bridgehead atoms. The van der Waals surface area contributed by atoms with Crippen LogP contribution < -0.4 is 10.2 Å². The maximum absolute atomic E-state index is 9.81. The Balaban J connectivity index is 2.11. The number of aromatic hydroxyl groups is 1. The lowest BCUT2D eigenvalue weighted by atomic mass is 10.1. The zero-order chi connectivity index (χ0) is 14.7. The quantitative estimate of drug-likeness (QED) is 0.892. The number of phenolic OH excluding ortho intramolecular Hbond substituents is 1. The first-order valence-electron chi connectivity index (χ1n) is 6.46. The van der Waals surface area contributed by atoms with Gasteiger partial charge in [0.2, 0.25) is 0 Å². The molecular weight excluding hydrogens is 272 g/mol. The normalized spacial score (nSPS) is 10.4. The zero-order valence-corrected chi connectivity index (χ0v) is 12.7. The van der Waals surface area contributed by atoms with E-state index in [1.807, 2.05) is 56.3 Å². The van der Waals surface area contributed by atoms with Crippen LogP contribution in [-0.2, 0) is 6.54 Å². The highest BCUT2D eigenvalue weighted by molar-refractivity contribution is 6.33. The van der Waals surface area contributed by atoms with Gasteiger partial charge in [0.1, 0.15) is 5.75 Å². The van der Waals surface area contributed by atoms with Crippen molar-refractivity contribution in [2.24, 2.45) is 0 Å². The molecule has 0 saturated carbocycles. The third-order valence-corrected chi connectivity index (χ3v) is 3.45. The van der Waals surface area contributed by atoms with E-state index in [0.29, 0.717) is 17.3 Å². The highest BCUT2D eigenvalue weighted by Crippen LogP contribution is 2.28. The van der Waals surface area contributed by atoms with Crippen molar-refractivity contribution in [2.45, 2.75) is 13.5 Å². The van der Waals surface area contributed by atoms with Crippen molar-refractivity contribution < 1.29 is 5.11 Å². The summed E-state index contributed by atoms with van der Waals surface area (Å²) < 4.78 is 0. The molecule has 2 aromatic carbocycles. The number of nitrogens with zero attached hydrogens (tertiary/aromatic N) is 1. The second-order valence-electron chi connectivity index (χ2n) is 5.05. The van der Waals surface area contributed by atoms with Gasteiger partial charge in [-0.25, -0.2) is 0 Å². The number of halogens is 1. The summed E-state index contributed by atoms with van der Waals surface area (Å²) in [7, 11) is 3.91. The van der Waals surface area contributed by atoms with Crippen LogP contribution in [0.5, 0.6) is 5.75 Å². The molecule has 2 N–H and O–H groups in total. The summed E-state index contributed by atoms with van der Waals surface area (Å²) in [6, 6.07) is 11.4. The van der Waals surface area contributed by atoms with Gasteiger partial charge in [-0.1, -0.05) is 29.3 Å². The number of benzene rings is 2. The molecule has 0 aliphatic carbocycles. The van der Waals surface area contributed by atoms with E-state index in [4.69, 9.17) is 11.6 Å². The zero-order valence-electron chi connectivity index (χ0n) is 11.9. The fourth-order valence-corrected chi connectivity index (χ4v) is 2.38. The molecule has 3 nitrogen and oxygen atoms in total. The van der Waals surface area contributed by atoms with Crippen molar-refractivity contribution in [3.63, 3.8) is 0 Å². The fraction of sp³-hybridized carbons (Fsp3) is 0.250. The van der Waals surface area contributed by atoms with Crippen LogP contribution in [0.1, 0.15) is 11.1 Å². The van der Waals surface area contributed by atoms with Crippen LogP contribution in [-0.4, -0.2) is 19.2 Å². The monoisotopic (exact) mass is 290 g/mol. The molecule has 106 valence electrons. The summed E-state index contributed by atoms with van der Waals surface area (Å²) in [4.78, 5) is 1.97. The van der Waals surface area contributed by atoms with Crippen LogP contribution in [0.25, 0.3) is 0 Å². The van der Waals surface area contributed by atoms with Gasteiger partial charge in [0, 0.05) is 31.9 Å². The Bertz CT molecular complexity index is 611. The van der Waals surface area contributed by atoms with Gasteiger partial charge in [0.25, 0.3) is 0 Å². The van der Waals surface area contributed by atoms with E-state index in [2.05, 4.69) is 5.32 Å². The Labute approximate surface area is 124 Å². The lowest BCUT2D eigenvalue weighted by molar-refractivity contribution is 0.469. The first-order valence-corrected chi connectivity index (χ1v) is 6.84. The highest BCUT2D eigenvalue weighted by Gasteiger charge is 2.05. The number of aryl methyl sites for hydroxylation is 1. The number of nitrogens with one attached hydrogen (secondary N) is 1. The summed E-state index contributed by atoms with van der Waals surface area (Å²) in [5, 5.41) is 13.8. The summed E-state index contributed by atoms with van der Waals surface area (Å²) in [6.07, 6.45) is 0. The van der Waals surface area contributed by atoms with E-state index >= 15 is 0 Å². The van der Waals surface area contributed by atoms with Gasteiger partial charge in [0.05, 0.1) is 10.7 Å². The van der Waals surface area contributed by atoms with Crippen molar-refractivity contribution in [1.82, 2.24) is 0 Å². The average Bonchev–Trinajstić information content (AvgIpc) is 2.39. The SMILES string of the molecule is Cc1ccc(O)c(CNc2ccc(N(C)C)c(Cl)c2)c1. The average molecular weight is 291 g/mol. The van der Waals surface area contributed by atoms with E-state index in [-0.39, 0.29) is 0 Å². The molecule has 0 spiro atoms. The summed E-state index contributed by atoms with van der Waals surface area (Å²) in [6.45, 7) is 2.57. The van der Waals surface area contributed by atoms with Crippen molar-refractivity contribution in [1.29, 1.82) is 0 Å². The highest BCUT2D eigenvalue weighted by atomic mass is 35.5. The van der Waals surface area contributed by atoms with E-state index < -0.39 is 0 Å². The van der Waals surface area contributed by atoms with Gasteiger partial charge in [-0.2, -0.15) is 0 Å². The Hall–Kier alpha value is -1.87. The van der Waals surface area contributed by atoms with E-state index in [9.17, 15) is 5.11 Å². The minimum Gasteiger partial charge on any atom is -0.508 e. The number of rotatable bonds is 4. The summed E-state index contributed by atoms with van der Waals surface area (Å²) >= 11 is 6.23. The molecule has 0 unspecified atom stereocenters. The Kier molecular flexibility index (Phi) is 4.40. The Morgan fingerprint density at radius 3 is 2.55 bits per heavy atom. The first-order chi connectivity index (χ1) is 9.47. The van der Waals surface area contributed by atoms with Crippen molar-refractivity contribution >= 4 is 23.0 Å². The van der Waals surface area contributed by atoms with Crippen molar-refractivity contribution in [3.05, 3.63) is 52.5 Å².